The molecular weight excluding hydrogens is 377 g/mol. The second kappa shape index (κ2) is 7.99. The van der Waals surface area contributed by atoms with E-state index >= 15 is 0 Å². The first-order chi connectivity index (χ1) is 9.52. The van der Waals surface area contributed by atoms with Crippen LogP contribution in [0, 0.1) is 11.3 Å². The largest absolute Gasteiger partial charge is 0.377 e. The summed E-state index contributed by atoms with van der Waals surface area (Å²) in [5.41, 5.74) is 0.210. The Morgan fingerprint density at radius 2 is 2.10 bits per heavy atom. The highest BCUT2D eigenvalue weighted by Crippen LogP contribution is 2.52. The molecule has 2 fully saturated rings. The third kappa shape index (κ3) is 3.84. The molecule has 0 aromatic carbocycles. The monoisotopic (exact) mass is 409 g/mol. The van der Waals surface area contributed by atoms with E-state index in [4.69, 9.17) is 4.74 Å². The van der Waals surface area contributed by atoms with Crippen LogP contribution in [0.5, 0.6) is 0 Å². The lowest BCUT2D eigenvalue weighted by Crippen LogP contribution is -2.68. The van der Waals surface area contributed by atoms with Crippen molar-refractivity contribution in [3.05, 3.63) is 0 Å². The highest BCUT2D eigenvalue weighted by atomic mass is 127. The van der Waals surface area contributed by atoms with E-state index in [-0.39, 0.29) is 29.4 Å². The van der Waals surface area contributed by atoms with Crippen LogP contribution in [-0.2, 0) is 4.74 Å². The van der Waals surface area contributed by atoms with Gasteiger partial charge < -0.3 is 15.0 Å². The van der Waals surface area contributed by atoms with Crippen LogP contribution in [0.1, 0.15) is 47.0 Å². The van der Waals surface area contributed by atoms with E-state index in [1.165, 1.54) is 19.3 Å². The van der Waals surface area contributed by atoms with Gasteiger partial charge >= 0.3 is 0 Å². The van der Waals surface area contributed by atoms with Gasteiger partial charge in [0, 0.05) is 44.1 Å². The molecule has 21 heavy (non-hydrogen) atoms. The number of aliphatic imine (C=N–C) groups is 1. The fourth-order valence-electron chi connectivity index (χ4n) is 3.68. The Kier molecular flexibility index (Phi) is 7.24. The number of unbranched alkanes of at least 4 members (excludes halogenated alkanes) is 1. The molecular formula is C16H32IN3O. The van der Waals surface area contributed by atoms with Gasteiger partial charge in [0.25, 0.3) is 0 Å². The van der Waals surface area contributed by atoms with Crippen molar-refractivity contribution in [2.45, 2.75) is 59.1 Å². The Morgan fingerprint density at radius 1 is 1.38 bits per heavy atom. The molecule has 0 amide bonds. The van der Waals surface area contributed by atoms with Crippen molar-refractivity contribution in [2.75, 3.05) is 26.7 Å². The quantitative estimate of drug-likeness (QED) is 0.431. The van der Waals surface area contributed by atoms with Crippen LogP contribution in [0.2, 0.25) is 0 Å². The number of rotatable bonds is 5. The average Bonchev–Trinajstić information content (AvgIpc) is 2.87. The Balaban J connectivity index is 0.00000220. The van der Waals surface area contributed by atoms with Crippen molar-refractivity contribution in [1.29, 1.82) is 0 Å². The number of ether oxygens (including phenoxy) is 1. The van der Waals surface area contributed by atoms with E-state index < -0.39 is 0 Å². The van der Waals surface area contributed by atoms with E-state index in [2.05, 4.69) is 50.0 Å². The summed E-state index contributed by atoms with van der Waals surface area (Å²) < 4.78 is 5.87. The fourth-order valence-corrected chi connectivity index (χ4v) is 3.68. The topological polar surface area (TPSA) is 36.9 Å². The van der Waals surface area contributed by atoms with Crippen molar-refractivity contribution in [3.8, 4) is 0 Å². The molecule has 2 rings (SSSR count). The summed E-state index contributed by atoms with van der Waals surface area (Å²) in [5.74, 6) is 1.72. The van der Waals surface area contributed by atoms with Crippen LogP contribution in [0.3, 0.4) is 0 Å². The van der Waals surface area contributed by atoms with Gasteiger partial charge in [0.1, 0.15) is 0 Å². The van der Waals surface area contributed by atoms with Crippen LogP contribution >= 0.6 is 24.0 Å². The minimum atomic E-state index is 0. The standard InChI is InChI=1S/C16H31N3O.HI/c1-6-8-10-19(5)15(17-7-2)18-13-12-9-11-20-14(12)16(13,3)4;/h12-14H,6-11H2,1-5H3,(H,17,18);1H. The summed E-state index contributed by atoms with van der Waals surface area (Å²) >= 11 is 0. The van der Waals surface area contributed by atoms with E-state index in [1.54, 1.807) is 0 Å². The van der Waals surface area contributed by atoms with Crippen molar-refractivity contribution in [2.24, 2.45) is 16.3 Å². The van der Waals surface area contributed by atoms with E-state index in [0.717, 1.165) is 25.7 Å². The Morgan fingerprint density at radius 3 is 2.71 bits per heavy atom. The van der Waals surface area contributed by atoms with Gasteiger partial charge in [-0.15, -0.1) is 24.0 Å². The summed E-state index contributed by atoms with van der Waals surface area (Å²) in [6.45, 7) is 11.8. The van der Waals surface area contributed by atoms with Gasteiger partial charge in [0.05, 0.1) is 6.10 Å². The minimum absolute atomic E-state index is 0. The van der Waals surface area contributed by atoms with E-state index in [1.807, 2.05) is 0 Å². The summed E-state index contributed by atoms with van der Waals surface area (Å²) in [4.78, 5) is 6.94. The summed E-state index contributed by atoms with van der Waals surface area (Å²) in [7, 11) is 2.14. The zero-order valence-corrected chi connectivity index (χ0v) is 16.5. The lowest BCUT2D eigenvalue weighted by atomic mass is 9.57. The molecule has 1 saturated heterocycles. The van der Waals surface area contributed by atoms with Crippen LogP contribution < -0.4 is 5.32 Å². The molecule has 1 N–H and O–H groups in total. The molecule has 1 saturated carbocycles. The minimum Gasteiger partial charge on any atom is -0.377 e. The van der Waals surface area contributed by atoms with Crippen molar-refractivity contribution in [1.82, 2.24) is 10.2 Å². The molecule has 3 atom stereocenters. The van der Waals surface area contributed by atoms with E-state index in [0.29, 0.717) is 18.1 Å². The molecule has 2 aliphatic rings. The summed E-state index contributed by atoms with van der Waals surface area (Å²) in [6, 6.07) is 0.490. The van der Waals surface area contributed by atoms with E-state index in [9.17, 15) is 0 Å². The van der Waals surface area contributed by atoms with Crippen molar-refractivity contribution < 1.29 is 4.74 Å². The molecule has 0 bridgehead atoms. The number of nitrogens with one attached hydrogen (secondary N) is 1. The normalized spacial score (nSPS) is 30.1. The van der Waals surface area contributed by atoms with Gasteiger partial charge in [-0.1, -0.05) is 27.2 Å². The Labute approximate surface area is 147 Å². The van der Waals surface area contributed by atoms with Gasteiger partial charge in [0.15, 0.2) is 5.96 Å². The molecule has 1 aliphatic carbocycles. The molecule has 0 radical (unpaired) electrons. The molecule has 1 aliphatic heterocycles. The van der Waals surface area contributed by atoms with Gasteiger partial charge in [-0.3, -0.25) is 4.99 Å². The maximum absolute atomic E-state index is 5.87. The summed E-state index contributed by atoms with van der Waals surface area (Å²) in [6.07, 6.45) is 4.05. The number of hydrogen-bond donors (Lipinski definition) is 1. The first-order valence-electron chi connectivity index (χ1n) is 8.16. The Hall–Kier alpha value is -0.0400. The highest BCUT2D eigenvalue weighted by molar-refractivity contribution is 14.0. The van der Waals surface area contributed by atoms with Gasteiger partial charge in [-0.05, 0) is 19.8 Å². The summed E-state index contributed by atoms with van der Waals surface area (Å²) in [5, 5.41) is 3.72. The average molecular weight is 409 g/mol. The van der Waals surface area contributed by atoms with Crippen LogP contribution in [-0.4, -0.2) is 49.7 Å². The fraction of sp³-hybridized carbons (Fsp3) is 0.938. The molecule has 5 heteroatoms. The number of halogens is 1. The SMILES string of the molecule is CCCCN(C)C(=NCC)NC1C2CCOC2C1(C)C.I. The van der Waals surface area contributed by atoms with Crippen LogP contribution in [0.15, 0.2) is 4.99 Å². The number of fused-ring (bicyclic) bond motifs is 1. The maximum atomic E-state index is 5.87. The smallest absolute Gasteiger partial charge is 0.193 e. The lowest BCUT2D eigenvalue weighted by molar-refractivity contribution is -0.107. The number of nitrogens with zero attached hydrogens (tertiary/aromatic N) is 2. The highest BCUT2D eigenvalue weighted by Gasteiger charge is 2.59. The third-order valence-corrected chi connectivity index (χ3v) is 4.90. The predicted molar refractivity (Wildman–Crippen MR) is 99.5 cm³/mol. The van der Waals surface area contributed by atoms with Crippen molar-refractivity contribution >= 4 is 29.9 Å². The number of guanidine groups is 1. The second-order valence-corrected chi connectivity index (χ2v) is 6.76. The zero-order valence-electron chi connectivity index (χ0n) is 14.2. The zero-order chi connectivity index (χ0) is 14.8. The number of hydrogen-bond acceptors (Lipinski definition) is 2. The maximum Gasteiger partial charge on any atom is 0.193 e. The van der Waals surface area contributed by atoms with Crippen LogP contribution in [0.25, 0.3) is 0 Å². The molecule has 124 valence electrons. The van der Waals surface area contributed by atoms with Gasteiger partial charge in [-0.2, -0.15) is 0 Å². The van der Waals surface area contributed by atoms with Crippen molar-refractivity contribution in [3.63, 3.8) is 0 Å². The molecule has 3 unspecified atom stereocenters. The third-order valence-electron chi connectivity index (χ3n) is 4.90. The second-order valence-electron chi connectivity index (χ2n) is 6.76. The Bertz CT molecular complexity index is 359. The lowest BCUT2D eigenvalue weighted by Gasteiger charge is -2.55. The molecule has 1 heterocycles. The first kappa shape index (κ1) is 19.0. The van der Waals surface area contributed by atoms with Gasteiger partial charge in [-0.25, -0.2) is 0 Å². The van der Waals surface area contributed by atoms with Gasteiger partial charge in [0.2, 0.25) is 0 Å². The molecule has 0 aromatic heterocycles. The predicted octanol–water partition coefficient (Wildman–Crippen LogP) is 3.12. The van der Waals surface area contributed by atoms with Crippen LogP contribution in [0.4, 0.5) is 0 Å². The molecule has 0 spiro atoms. The molecule has 4 nitrogen and oxygen atoms in total. The first-order valence-corrected chi connectivity index (χ1v) is 8.16. The molecule has 0 aromatic rings.